The molecule has 0 radical (unpaired) electrons. The molecule has 1 aromatic heterocycles. The van der Waals surface area contributed by atoms with Crippen molar-refractivity contribution in [3.8, 4) is 5.75 Å². The number of hydrogen-bond acceptors (Lipinski definition) is 4. The summed E-state index contributed by atoms with van der Waals surface area (Å²) in [5, 5.41) is 6.03. The van der Waals surface area contributed by atoms with Gasteiger partial charge in [-0.25, -0.2) is 13.8 Å². The number of nitrogens with two attached hydrogens (primary N) is 1. The molecule has 2 aromatic rings. The average molecular weight is 494 g/mol. The highest BCUT2D eigenvalue weighted by molar-refractivity contribution is 14.0. The van der Waals surface area contributed by atoms with E-state index in [2.05, 4.69) is 15.6 Å². The summed E-state index contributed by atoms with van der Waals surface area (Å²) in [5.41, 5.74) is 5.12. The van der Waals surface area contributed by atoms with E-state index in [4.69, 9.17) is 14.9 Å². The molecule has 0 bridgehead atoms. The van der Waals surface area contributed by atoms with Crippen LogP contribution in [0.1, 0.15) is 23.2 Å². The zero-order valence-electron chi connectivity index (χ0n) is 14.6. The summed E-state index contributed by atoms with van der Waals surface area (Å²) in [6.45, 7) is 3.23. The lowest BCUT2D eigenvalue weighted by atomic mass is 10.3. The molecule has 10 heteroatoms. The van der Waals surface area contributed by atoms with Crippen molar-refractivity contribution in [1.82, 2.24) is 10.6 Å². The molecule has 4 N–H and O–H groups in total. The fourth-order valence-corrected chi connectivity index (χ4v) is 2.02. The molecule has 0 saturated heterocycles. The number of hydrogen-bond donors (Lipinski definition) is 3. The number of nitrogens with one attached hydrogen (secondary N) is 2. The number of rotatable bonds is 8. The summed E-state index contributed by atoms with van der Waals surface area (Å²) >= 11 is 0. The summed E-state index contributed by atoms with van der Waals surface area (Å²) in [4.78, 5) is 15.3. The maximum absolute atomic E-state index is 13.5. The number of nitrogens with zero attached hydrogens (tertiary/aromatic N) is 1. The molecule has 0 aliphatic rings. The Labute approximate surface area is 172 Å². The van der Waals surface area contributed by atoms with Gasteiger partial charge < -0.3 is 25.5 Å². The quantitative estimate of drug-likeness (QED) is 0.227. The van der Waals surface area contributed by atoms with Crippen LogP contribution >= 0.6 is 24.0 Å². The molecule has 1 amide bonds. The number of guanidine groups is 1. The third-order valence-corrected chi connectivity index (χ3v) is 3.19. The lowest BCUT2D eigenvalue weighted by molar-refractivity contribution is 0.0972. The van der Waals surface area contributed by atoms with Gasteiger partial charge in [0.1, 0.15) is 24.7 Å². The van der Waals surface area contributed by atoms with Crippen molar-refractivity contribution in [2.75, 3.05) is 19.7 Å². The highest BCUT2D eigenvalue weighted by Gasteiger charge is 2.07. The van der Waals surface area contributed by atoms with Crippen LogP contribution in [0.3, 0.4) is 0 Å². The highest BCUT2D eigenvalue weighted by atomic mass is 127. The molecule has 27 heavy (non-hydrogen) atoms. The molecule has 0 aliphatic carbocycles. The minimum Gasteiger partial charge on any atom is -0.489 e. The highest BCUT2D eigenvalue weighted by Crippen LogP contribution is 2.17. The first kappa shape index (κ1) is 22.7. The van der Waals surface area contributed by atoms with Gasteiger partial charge in [-0.3, -0.25) is 4.79 Å². The lowest BCUT2D eigenvalue weighted by Gasteiger charge is -2.12. The number of carbonyl (C=O) groups excluding carboxylic acids is 1. The molecule has 2 rings (SSSR count). The molecular formula is C17H21F2IN4O3. The Morgan fingerprint density at radius 1 is 1.26 bits per heavy atom. The van der Waals surface area contributed by atoms with Crippen molar-refractivity contribution < 1.29 is 22.7 Å². The van der Waals surface area contributed by atoms with Gasteiger partial charge in [-0.15, -0.1) is 24.0 Å². The predicted molar refractivity (Wildman–Crippen MR) is 107 cm³/mol. The van der Waals surface area contributed by atoms with E-state index in [-0.39, 0.29) is 48.6 Å². The summed E-state index contributed by atoms with van der Waals surface area (Å²) < 4.78 is 36.8. The minimum absolute atomic E-state index is 0. The largest absolute Gasteiger partial charge is 0.489 e. The van der Waals surface area contributed by atoms with E-state index in [1.165, 1.54) is 12.1 Å². The Morgan fingerprint density at radius 3 is 2.67 bits per heavy atom. The standard InChI is InChI=1S/C17H20F2N4O3.HI/c1-2-21-17(23-10-12-4-6-15(26-12)16(20)24)22-7-8-25-14-5-3-11(18)9-13(14)19;/h3-6,9H,2,7-8,10H2,1H3,(H2,20,24)(H2,21,22,23);1H. The van der Waals surface area contributed by atoms with E-state index in [1.54, 1.807) is 6.07 Å². The number of amides is 1. The number of furan rings is 1. The summed E-state index contributed by atoms with van der Waals surface area (Å²) in [5.74, 6) is -1.03. The van der Waals surface area contributed by atoms with E-state index >= 15 is 0 Å². The van der Waals surface area contributed by atoms with Crippen molar-refractivity contribution in [2.45, 2.75) is 13.5 Å². The number of carbonyl (C=O) groups is 1. The molecule has 0 spiro atoms. The molecule has 0 saturated carbocycles. The Balaban J connectivity index is 0.00000364. The van der Waals surface area contributed by atoms with Crippen molar-refractivity contribution in [3.63, 3.8) is 0 Å². The first-order valence-electron chi connectivity index (χ1n) is 7.98. The molecule has 1 heterocycles. The average Bonchev–Trinajstić information content (AvgIpc) is 3.07. The minimum atomic E-state index is -0.756. The normalized spacial score (nSPS) is 10.9. The van der Waals surface area contributed by atoms with Gasteiger partial charge in [-0.2, -0.15) is 0 Å². The molecule has 0 atom stereocenters. The number of primary amides is 1. The van der Waals surface area contributed by atoms with Gasteiger partial charge in [0, 0.05) is 12.6 Å². The van der Waals surface area contributed by atoms with Crippen LogP contribution in [-0.2, 0) is 6.54 Å². The monoisotopic (exact) mass is 494 g/mol. The van der Waals surface area contributed by atoms with Crippen molar-refractivity contribution in [3.05, 3.63) is 53.5 Å². The van der Waals surface area contributed by atoms with Crippen molar-refractivity contribution >= 4 is 35.8 Å². The smallest absolute Gasteiger partial charge is 0.284 e. The van der Waals surface area contributed by atoms with Crippen LogP contribution in [0.5, 0.6) is 5.75 Å². The van der Waals surface area contributed by atoms with E-state index < -0.39 is 17.5 Å². The van der Waals surface area contributed by atoms with Gasteiger partial charge in [-0.05, 0) is 31.2 Å². The summed E-state index contributed by atoms with van der Waals surface area (Å²) in [6, 6.07) is 6.22. The Morgan fingerprint density at radius 2 is 2.04 bits per heavy atom. The maximum Gasteiger partial charge on any atom is 0.284 e. The maximum atomic E-state index is 13.5. The van der Waals surface area contributed by atoms with E-state index in [0.29, 0.717) is 24.8 Å². The van der Waals surface area contributed by atoms with Crippen LogP contribution in [-0.4, -0.2) is 31.6 Å². The SMILES string of the molecule is CCNC(=NCc1ccc(C(N)=O)o1)NCCOc1ccc(F)cc1F.I. The number of ether oxygens (including phenoxy) is 1. The second-order valence-electron chi connectivity index (χ2n) is 5.18. The second-order valence-corrected chi connectivity index (χ2v) is 5.18. The number of aliphatic imine (C=N–C) groups is 1. The Hall–Kier alpha value is -2.37. The van der Waals surface area contributed by atoms with Crippen LogP contribution < -0.4 is 21.1 Å². The molecule has 0 unspecified atom stereocenters. The molecule has 1 aromatic carbocycles. The third-order valence-electron chi connectivity index (χ3n) is 3.19. The van der Waals surface area contributed by atoms with Crippen molar-refractivity contribution in [1.29, 1.82) is 0 Å². The van der Waals surface area contributed by atoms with Gasteiger partial charge in [0.05, 0.1) is 6.54 Å². The van der Waals surface area contributed by atoms with Crippen LogP contribution in [0.2, 0.25) is 0 Å². The lowest BCUT2D eigenvalue weighted by Crippen LogP contribution is -2.39. The number of halogens is 3. The van der Waals surface area contributed by atoms with Gasteiger partial charge in [0.15, 0.2) is 23.3 Å². The summed E-state index contributed by atoms with van der Waals surface area (Å²) in [6.07, 6.45) is 0. The summed E-state index contributed by atoms with van der Waals surface area (Å²) in [7, 11) is 0. The van der Waals surface area contributed by atoms with Crippen LogP contribution in [0.4, 0.5) is 8.78 Å². The predicted octanol–water partition coefficient (Wildman–Crippen LogP) is 2.41. The topological polar surface area (TPSA) is 102 Å². The third kappa shape index (κ3) is 7.41. The van der Waals surface area contributed by atoms with Gasteiger partial charge in [0.25, 0.3) is 5.91 Å². The van der Waals surface area contributed by atoms with E-state index in [1.807, 2.05) is 6.92 Å². The first-order valence-corrected chi connectivity index (χ1v) is 7.98. The zero-order chi connectivity index (χ0) is 18.9. The number of benzene rings is 1. The van der Waals surface area contributed by atoms with E-state index in [9.17, 15) is 13.6 Å². The van der Waals surface area contributed by atoms with Gasteiger partial charge in [-0.1, -0.05) is 0 Å². The van der Waals surface area contributed by atoms with E-state index in [0.717, 1.165) is 12.1 Å². The van der Waals surface area contributed by atoms with Crippen LogP contribution in [0.15, 0.2) is 39.7 Å². The molecule has 0 fully saturated rings. The second kappa shape index (κ2) is 11.4. The molecule has 148 valence electrons. The van der Waals surface area contributed by atoms with Crippen LogP contribution in [0.25, 0.3) is 0 Å². The van der Waals surface area contributed by atoms with Crippen molar-refractivity contribution in [2.24, 2.45) is 10.7 Å². The molecular weight excluding hydrogens is 473 g/mol. The Bertz CT molecular complexity index is 783. The van der Waals surface area contributed by atoms with Gasteiger partial charge >= 0.3 is 0 Å². The van der Waals surface area contributed by atoms with Gasteiger partial charge in [0.2, 0.25) is 0 Å². The molecule has 7 nitrogen and oxygen atoms in total. The molecule has 0 aliphatic heterocycles. The van der Waals surface area contributed by atoms with Crippen LogP contribution in [0, 0.1) is 11.6 Å². The fraction of sp³-hybridized carbons (Fsp3) is 0.294. The fourth-order valence-electron chi connectivity index (χ4n) is 2.02. The first-order chi connectivity index (χ1) is 12.5. The Kier molecular flexibility index (Phi) is 9.54. The zero-order valence-corrected chi connectivity index (χ0v) is 17.0.